The monoisotopic (exact) mass is 512 g/mol. The van der Waals surface area contributed by atoms with Crippen LogP contribution in [0.25, 0.3) is 11.1 Å². The Kier molecular flexibility index (Phi) is 6.77. The van der Waals surface area contributed by atoms with Crippen LogP contribution in [0, 0.1) is 10.1 Å². The van der Waals surface area contributed by atoms with E-state index in [4.69, 9.17) is 14.2 Å². The summed E-state index contributed by atoms with van der Waals surface area (Å²) in [5.41, 5.74) is 4.86. The van der Waals surface area contributed by atoms with Crippen molar-refractivity contribution >= 4 is 28.7 Å². The quantitative estimate of drug-likeness (QED) is 0.231. The molecule has 0 saturated heterocycles. The molecule has 0 fully saturated rings. The maximum Gasteiger partial charge on any atom is 0.310 e. The van der Waals surface area contributed by atoms with Crippen LogP contribution in [-0.2, 0) is 6.42 Å². The number of pyridine rings is 1. The zero-order chi connectivity index (χ0) is 26.6. The zero-order valence-electron chi connectivity index (χ0n) is 20.7. The van der Waals surface area contributed by atoms with Gasteiger partial charge in [-0.25, -0.2) is 4.98 Å². The normalized spacial score (nSPS) is 11.8. The summed E-state index contributed by atoms with van der Waals surface area (Å²) in [5.74, 6) is 0.911. The van der Waals surface area contributed by atoms with Gasteiger partial charge in [0.2, 0.25) is 0 Å². The van der Waals surface area contributed by atoms with Gasteiger partial charge < -0.3 is 24.8 Å². The van der Waals surface area contributed by atoms with Crippen LogP contribution in [0.5, 0.6) is 17.4 Å². The van der Waals surface area contributed by atoms with Gasteiger partial charge in [0.25, 0.3) is 11.8 Å². The minimum Gasteiger partial charge on any atom is -0.491 e. The number of hydrogen-bond acceptors (Lipinski definition) is 8. The molecule has 38 heavy (non-hydrogen) atoms. The molecule has 1 aromatic heterocycles. The molecule has 0 saturated carbocycles. The Labute approximate surface area is 218 Å². The fourth-order valence-electron chi connectivity index (χ4n) is 4.23. The SMILES string of the molecule is COc1cc(-c2ccc3c(c2)Nc2ccc(CCOc4ncccc4OC)cc2NC3=O)ccc1[N+](=O)[O-]. The molecule has 0 aliphatic carbocycles. The van der Waals surface area contributed by atoms with E-state index in [1.54, 1.807) is 49.7 Å². The Morgan fingerprint density at radius 1 is 0.868 bits per heavy atom. The third kappa shape index (κ3) is 4.92. The van der Waals surface area contributed by atoms with E-state index in [-0.39, 0.29) is 17.3 Å². The van der Waals surface area contributed by atoms with E-state index in [2.05, 4.69) is 15.6 Å². The van der Waals surface area contributed by atoms with E-state index in [9.17, 15) is 14.9 Å². The minimum atomic E-state index is -0.488. The van der Waals surface area contributed by atoms with Crippen molar-refractivity contribution in [1.29, 1.82) is 0 Å². The summed E-state index contributed by atoms with van der Waals surface area (Å²) < 4.78 is 16.2. The molecule has 4 aromatic rings. The number of fused-ring (bicyclic) bond motifs is 2. The number of nitrogens with zero attached hydrogens (tertiary/aromatic N) is 2. The highest BCUT2D eigenvalue weighted by Crippen LogP contribution is 2.37. The molecule has 0 atom stereocenters. The number of nitro benzene ring substituents is 1. The predicted molar refractivity (Wildman–Crippen MR) is 143 cm³/mol. The second-order valence-corrected chi connectivity index (χ2v) is 8.47. The third-order valence-corrected chi connectivity index (χ3v) is 6.16. The van der Waals surface area contributed by atoms with Gasteiger partial charge in [0.15, 0.2) is 11.5 Å². The fourth-order valence-corrected chi connectivity index (χ4v) is 4.23. The number of rotatable bonds is 8. The van der Waals surface area contributed by atoms with Crippen molar-refractivity contribution in [3.05, 3.63) is 94.2 Å². The molecule has 3 aromatic carbocycles. The Morgan fingerprint density at radius 3 is 2.45 bits per heavy atom. The molecule has 2 N–H and O–H groups in total. The molecule has 1 aliphatic rings. The maximum absolute atomic E-state index is 13.0. The van der Waals surface area contributed by atoms with Crippen LogP contribution >= 0.6 is 0 Å². The van der Waals surface area contributed by atoms with E-state index in [1.807, 2.05) is 24.3 Å². The summed E-state index contributed by atoms with van der Waals surface area (Å²) in [6.45, 7) is 0.385. The number of ether oxygens (including phenoxy) is 3. The molecule has 10 heteroatoms. The summed E-state index contributed by atoms with van der Waals surface area (Å²) in [6, 6.07) is 19.4. The van der Waals surface area contributed by atoms with Gasteiger partial charge >= 0.3 is 5.69 Å². The molecule has 0 bridgehead atoms. The minimum absolute atomic E-state index is 0.113. The largest absolute Gasteiger partial charge is 0.491 e. The van der Waals surface area contributed by atoms with Gasteiger partial charge in [-0.1, -0.05) is 12.1 Å². The number of nitro groups is 1. The molecule has 10 nitrogen and oxygen atoms in total. The highest BCUT2D eigenvalue weighted by Gasteiger charge is 2.21. The topological polar surface area (TPSA) is 125 Å². The van der Waals surface area contributed by atoms with Crippen LogP contribution in [0.4, 0.5) is 22.7 Å². The van der Waals surface area contributed by atoms with Crippen molar-refractivity contribution in [3.63, 3.8) is 0 Å². The molecule has 0 radical (unpaired) electrons. The number of carbonyl (C=O) groups excluding carboxylic acids is 1. The smallest absolute Gasteiger partial charge is 0.310 e. The third-order valence-electron chi connectivity index (χ3n) is 6.16. The lowest BCUT2D eigenvalue weighted by atomic mass is 10.0. The lowest BCUT2D eigenvalue weighted by molar-refractivity contribution is -0.385. The first-order valence-corrected chi connectivity index (χ1v) is 11.8. The van der Waals surface area contributed by atoms with E-state index < -0.39 is 4.92 Å². The number of nitrogens with one attached hydrogen (secondary N) is 2. The molecular formula is C28H24N4O6. The number of anilines is 3. The van der Waals surface area contributed by atoms with Crippen molar-refractivity contribution in [2.45, 2.75) is 6.42 Å². The average Bonchev–Trinajstić information content (AvgIpc) is 3.07. The molecule has 1 amide bonds. The Morgan fingerprint density at radius 2 is 1.66 bits per heavy atom. The zero-order valence-corrected chi connectivity index (χ0v) is 20.7. The fraction of sp³-hybridized carbons (Fsp3) is 0.143. The number of carbonyl (C=O) groups is 1. The number of hydrogen-bond donors (Lipinski definition) is 2. The molecule has 0 spiro atoms. The van der Waals surface area contributed by atoms with Crippen molar-refractivity contribution in [2.75, 3.05) is 31.5 Å². The van der Waals surface area contributed by atoms with E-state index in [0.29, 0.717) is 41.6 Å². The summed E-state index contributed by atoms with van der Waals surface area (Å²) >= 11 is 0. The first-order valence-electron chi connectivity index (χ1n) is 11.8. The van der Waals surface area contributed by atoms with Gasteiger partial charge in [0.05, 0.1) is 48.4 Å². The van der Waals surface area contributed by atoms with Gasteiger partial charge in [-0.15, -0.1) is 0 Å². The molecule has 5 rings (SSSR count). The average molecular weight is 513 g/mol. The lowest BCUT2D eigenvalue weighted by Gasteiger charge is -2.12. The second kappa shape index (κ2) is 10.5. The van der Waals surface area contributed by atoms with Crippen LogP contribution in [0.15, 0.2) is 72.9 Å². The molecule has 0 unspecified atom stereocenters. The standard InChI is InChI=1S/C28H24N4O6/c1-36-25-4-3-12-29-28(25)38-13-11-17-5-9-21-23(14-17)31-27(33)20-8-6-18(15-22(20)30-21)19-7-10-24(32(34)35)26(16-19)37-2/h3-10,12,14-16,30H,11,13H2,1-2H3,(H,31,33). The predicted octanol–water partition coefficient (Wildman–Crippen LogP) is 5.60. The van der Waals surface area contributed by atoms with Crippen LogP contribution in [-0.4, -0.2) is 36.6 Å². The van der Waals surface area contributed by atoms with Gasteiger partial charge in [0, 0.05) is 18.7 Å². The highest BCUT2D eigenvalue weighted by molar-refractivity contribution is 6.12. The first-order chi connectivity index (χ1) is 18.5. The Hall–Kier alpha value is -5.12. The summed E-state index contributed by atoms with van der Waals surface area (Å²) in [6.07, 6.45) is 2.24. The van der Waals surface area contributed by atoms with E-state index >= 15 is 0 Å². The lowest BCUT2D eigenvalue weighted by Crippen LogP contribution is -2.11. The van der Waals surface area contributed by atoms with E-state index in [1.165, 1.54) is 13.2 Å². The van der Waals surface area contributed by atoms with Crippen molar-refractivity contribution < 1.29 is 23.9 Å². The van der Waals surface area contributed by atoms with Crippen LogP contribution in [0.3, 0.4) is 0 Å². The second-order valence-electron chi connectivity index (χ2n) is 8.47. The maximum atomic E-state index is 13.0. The Balaban J connectivity index is 1.36. The van der Waals surface area contributed by atoms with Crippen molar-refractivity contribution in [2.24, 2.45) is 0 Å². The first kappa shape index (κ1) is 24.6. The molecule has 2 heterocycles. The number of benzene rings is 3. The van der Waals surface area contributed by atoms with Gasteiger partial charge in [0.1, 0.15) is 0 Å². The molecular weight excluding hydrogens is 488 g/mol. The number of aromatic nitrogens is 1. The Bertz CT molecular complexity index is 1540. The number of methoxy groups -OCH3 is 2. The van der Waals surface area contributed by atoms with Gasteiger partial charge in [-0.05, 0) is 65.2 Å². The van der Waals surface area contributed by atoms with Crippen LogP contribution < -0.4 is 24.8 Å². The van der Waals surface area contributed by atoms with Crippen molar-refractivity contribution in [1.82, 2.24) is 4.98 Å². The van der Waals surface area contributed by atoms with E-state index in [0.717, 1.165) is 22.4 Å². The summed E-state index contributed by atoms with van der Waals surface area (Å²) in [5, 5.41) is 17.6. The highest BCUT2D eigenvalue weighted by atomic mass is 16.6. The van der Waals surface area contributed by atoms with Crippen molar-refractivity contribution in [3.8, 4) is 28.5 Å². The molecule has 192 valence electrons. The van der Waals surface area contributed by atoms with Crippen LogP contribution in [0.2, 0.25) is 0 Å². The van der Waals surface area contributed by atoms with Gasteiger partial charge in [-0.2, -0.15) is 0 Å². The van der Waals surface area contributed by atoms with Gasteiger partial charge in [-0.3, -0.25) is 14.9 Å². The number of amides is 1. The summed E-state index contributed by atoms with van der Waals surface area (Å²) in [4.78, 5) is 28.0. The molecule has 1 aliphatic heterocycles. The summed E-state index contributed by atoms with van der Waals surface area (Å²) in [7, 11) is 2.96. The van der Waals surface area contributed by atoms with Crippen LogP contribution in [0.1, 0.15) is 15.9 Å².